The maximum Gasteiger partial charge on any atom is 0.312 e. The summed E-state index contributed by atoms with van der Waals surface area (Å²) in [4.78, 5) is 24.2. The fourth-order valence-electron chi connectivity index (χ4n) is 3.17. The highest BCUT2D eigenvalue weighted by Crippen LogP contribution is 2.42. The second-order valence-corrected chi connectivity index (χ2v) is 6.67. The maximum absolute atomic E-state index is 12.3. The highest BCUT2D eigenvalue weighted by atomic mass is 16.5. The van der Waals surface area contributed by atoms with Crippen molar-refractivity contribution in [3.05, 3.63) is 11.6 Å². The van der Waals surface area contributed by atoms with Gasteiger partial charge in [-0.3, -0.25) is 9.59 Å². The zero-order valence-corrected chi connectivity index (χ0v) is 13.5. The van der Waals surface area contributed by atoms with E-state index in [2.05, 4.69) is 13.8 Å². The Bertz CT molecular complexity index is 400. The first kappa shape index (κ1) is 16.9. The molecule has 20 heavy (non-hydrogen) atoms. The van der Waals surface area contributed by atoms with Crippen LogP contribution in [0.3, 0.4) is 0 Å². The van der Waals surface area contributed by atoms with Crippen LogP contribution >= 0.6 is 0 Å². The summed E-state index contributed by atoms with van der Waals surface area (Å²) in [6, 6.07) is 0. The molecule has 114 valence electrons. The molecule has 3 nitrogen and oxygen atoms in total. The molecule has 0 bridgehead atoms. The van der Waals surface area contributed by atoms with Crippen molar-refractivity contribution in [2.45, 2.75) is 66.7 Å². The number of ether oxygens (including phenoxy) is 1. The van der Waals surface area contributed by atoms with E-state index >= 15 is 0 Å². The van der Waals surface area contributed by atoms with Crippen molar-refractivity contribution >= 4 is 11.8 Å². The lowest BCUT2D eigenvalue weighted by Crippen LogP contribution is -2.34. The van der Waals surface area contributed by atoms with Crippen LogP contribution in [-0.2, 0) is 14.3 Å². The van der Waals surface area contributed by atoms with Crippen molar-refractivity contribution in [2.75, 3.05) is 6.61 Å². The standard InChI is InChI=1S/C17H28O3/c1-6-17(7-2,15(19)20-8-3)11-13-9-14(18)12-16(4,5)10-13/h9H,6-8,10-12H2,1-5H3. The summed E-state index contributed by atoms with van der Waals surface area (Å²) in [5.74, 6) is 0.0583. The Labute approximate surface area is 122 Å². The van der Waals surface area contributed by atoms with Crippen LogP contribution in [-0.4, -0.2) is 18.4 Å². The fraction of sp³-hybridized carbons (Fsp3) is 0.765. The minimum atomic E-state index is -0.477. The Morgan fingerprint density at radius 1 is 1.25 bits per heavy atom. The molecule has 0 fully saturated rings. The number of carbonyl (C=O) groups is 2. The molecule has 0 aromatic heterocycles. The molecule has 0 amide bonds. The summed E-state index contributed by atoms with van der Waals surface area (Å²) in [5.41, 5.74) is 0.626. The first-order chi connectivity index (χ1) is 9.28. The van der Waals surface area contributed by atoms with Gasteiger partial charge in [0, 0.05) is 6.42 Å². The molecule has 1 aliphatic rings. The highest BCUT2D eigenvalue weighted by Gasteiger charge is 2.39. The molecule has 0 N–H and O–H groups in total. The molecule has 0 saturated heterocycles. The number of carbonyl (C=O) groups excluding carboxylic acids is 2. The number of hydrogen-bond acceptors (Lipinski definition) is 3. The average molecular weight is 280 g/mol. The molecule has 0 aromatic rings. The topological polar surface area (TPSA) is 43.4 Å². The van der Waals surface area contributed by atoms with Gasteiger partial charge in [-0.2, -0.15) is 0 Å². The molecule has 0 aromatic carbocycles. The average Bonchev–Trinajstić information content (AvgIpc) is 2.33. The van der Waals surface area contributed by atoms with Crippen molar-refractivity contribution in [2.24, 2.45) is 10.8 Å². The third kappa shape index (κ3) is 3.94. The van der Waals surface area contributed by atoms with Gasteiger partial charge in [0.25, 0.3) is 0 Å². The van der Waals surface area contributed by atoms with E-state index in [4.69, 9.17) is 4.74 Å². The molecule has 0 aliphatic heterocycles. The number of ketones is 1. The molecule has 1 aliphatic carbocycles. The van der Waals surface area contributed by atoms with E-state index in [1.54, 1.807) is 6.08 Å². The molecule has 3 heteroatoms. The lowest BCUT2D eigenvalue weighted by Gasteiger charge is -2.35. The number of rotatable bonds is 6. The molecule has 0 radical (unpaired) electrons. The van der Waals surface area contributed by atoms with Crippen LogP contribution in [0, 0.1) is 10.8 Å². The van der Waals surface area contributed by atoms with Gasteiger partial charge in [0.15, 0.2) is 5.78 Å². The largest absolute Gasteiger partial charge is 0.466 e. The zero-order valence-electron chi connectivity index (χ0n) is 13.5. The van der Waals surface area contributed by atoms with Crippen LogP contribution < -0.4 is 0 Å². The predicted octanol–water partition coefficient (Wildman–Crippen LogP) is 4.06. The van der Waals surface area contributed by atoms with Crippen LogP contribution in [0.5, 0.6) is 0 Å². The highest BCUT2D eigenvalue weighted by molar-refractivity contribution is 5.92. The summed E-state index contributed by atoms with van der Waals surface area (Å²) in [6.07, 6.45) is 5.38. The zero-order chi connectivity index (χ0) is 15.4. The van der Waals surface area contributed by atoms with E-state index in [1.165, 1.54) is 0 Å². The van der Waals surface area contributed by atoms with E-state index in [0.29, 0.717) is 19.4 Å². The Hall–Kier alpha value is -1.12. The van der Waals surface area contributed by atoms with E-state index in [1.807, 2.05) is 20.8 Å². The lowest BCUT2D eigenvalue weighted by atomic mass is 9.70. The van der Waals surface area contributed by atoms with Gasteiger partial charge in [0.2, 0.25) is 0 Å². The van der Waals surface area contributed by atoms with E-state index < -0.39 is 5.41 Å². The Balaban J connectivity index is 2.96. The van der Waals surface area contributed by atoms with Gasteiger partial charge in [-0.15, -0.1) is 0 Å². The van der Waals surface area contributed by atoms with Gasteiger partial charge < -0.3 is 4.74 Å². The minimum absolute atomic E-state index is 0.00303. The van der Waals surface area contributed by atoms with E-state index in [0.717, 1.165) is 24.8 Å². The SMILES string of the molecule is CCOC(=O)C(CC)(CC)CC1=CC(=O)CC(C)(C)C1. The smallest absolute Gasteiger partial charge is 0.312 e. The molecular weight excluding hydrogens is 252 g/mol. The maximum atomic E-state index is 12.3. The van der Waals surface area contributed by atoms with Crippen LogP contribution in [0.15, 0.2) is 11.6 Å². The Kier molecular flexibility index (Phi) is 5.55. The normalized spacial score (nSPS) is 18.6. The molecule has 0 unspecified atom stereocenters. The third-order valence-electron chi connectivity index (χ3n) is 4.35. The van der Waals surface area contributed by atoms with Gasteiger partial charge in [0.1, 0.15) is 0 Å². The molecule has 0 heterocycles. The molecular formula is C17H28O3. The summed E-state index contributed by atoms with van der Waals surface area (Å²) < 4.78 is 5.26. The quantitative estimate of drug-likeness (QED) is 0.689. The van der Waals surface area contributed by atoms with Crippen molar-refractivity contribution in [1.29, 1.82) is 0 Å². The van der Waals surface area contributed by atoms with E-state index in [9.17, 15) is 9.59 Å². The van der Waals surface area contributed by atoms with Crippen molar-refractivity contribution in [3.8, 4) is 0 Å². The summed E-state index contributed by atoms with van der Waals surface area (Å²) >= 11 is 0. The first-order valence-corrected chi connectivity index (χ1v) is 7.68. The Morgan fingerprint density at radius 2 is 1.85 bits per heavy atom. The fourth-order valence-corrected chi connectivity index (χ4v) is 3.17. The van der Waals surface area contributed by atoms with Crippen molar-refractivity contribution in [1.82, 2.24) is 0 Å². The van der Waals surface area contributed by atoms with Gasteiger partial charge >= 0.3 is 5.97 Å². The first-order valence-electron chi connectivity index (χ1n) is 7.68. The van der Waals surface area contributed by atoms with Gasteiger partial charge in [0.05, 0.1) is 12.0 Å². The monoisotopic (exact) mass is 280 g/mol. The van der Waals surface area contributed by atoms with Gasteiger partial charge in [-0.25, -0.2) is 0 Å². The summed E-state index contributed by atoms with van der Waals surface area (Å²) in [5, 5.41) is 0. The van der Waals surface area contributed by atoms with Crippen molar-refractivity contribution in [3.63, 3.8) is 0 Å². The molecule has 0 spiro atoms. The Morgan fingerprint density at radius 3 is 2.30 bits per heavy atom. The van der Waals surface area contributed by atoms with Crippen LogP contribution in [0.4, 0.5) is 0 Å². The number of allylic oxidation sites excluding steroid dienone is 2. The molecule has 1 rings (SSSR count). The second kappa shape index (κ2) is 6.55. The molecule has 0 saturated carbocycles. The van der Waals surface area contributed by atoms with Crippen molar-refractivity contribution < 1.29 is 14.3 Å². The lowest BCUT2D eigenvalue weighted by molar-refractivity contribution is -0.156. The van der Waals surface area contributed by atoms with Gasteiger partial charge in [-0.1, -0.05) is 33.3 Å². The molecule has 0 atom stereocenters. The van der Waals surface area contributed by atoms with E-state index in [-0.39, 0.29) is 17.2 Å². The minimum Gasteiger partial charge on any atom is -0.466 e. The van der Waals surface area contributed by atoms with Gasteiger partial charge in [-0.05, 0) is 44.1 Å². The summed E-state index contributed by atoms with van der Waals surface area (Å²) in [6.45, 7) is 10.5. The summed E-state index contributed by atoms with van der Waals surface area (Å²) in [7, 11) is 0. The number of hydrogen-bond donors (Lipinski definition) is 0. The van der Waals surface area contributed by atoms with Crippen LogP contribution in [0.2, 0.25) is 0 Å². The second-order valence-electron chi connectivity index (χ2n) is 6.67. The van der Waals surface area contributed by atoms with Crippen LogP contribution in [0.25, 0.3) is 0 Å². The van der Waals surface area contributed by atoms with Crippen LogP contribution in [0.1, 0.15) is 66.7 Å². The number of esters is 1. The predicted molar refractivity (Wildman–Crippen MR) is 80.4 cm³/mol. The third-order valence-corrected chi connectivity index (χ3v) is 4.35.